The maximum absolute atomic E-state index is 12.6. The van der Waals surface area contributed by atoms with Crippen LogP contribution in [-0.2, 0) is 16.1 Å². The third kappa shape index (κ3) is 5.16. The van der Waals surface area contributed by atoms with E-state index < -0.39 is 0 Å². The highest BCUT2D eigenvalue weighted by atomic mass is 16.2. The van der Waals surface area contributed by atoms with Gasteiger partial charge in [0.1, 0.15) is 0 Å². The van der Waals surface area contributed by atoms with Gasteiger partial charge in [-0.1, -0.05) is 17.7 Å². The predicted molar refractivity (Wildman–Crippen MR) is 106 cm³/mol. The van der Waals surface area contributed by atoms with E-state index in [1.165, 1.54) is 5.56 Å². The number of carbonyl (C=O) groups excluding carboxylic acids is 2. The Kier molecular flexibility index (Phi) is 6.22. The van der Waals surface area contributed by atoms with E-state index >= 15 is 0 Å². The van der Waals surface area contributed by atoms with E-state index in [1.807, 2.05) is 38.1 Å². The molecule has 2 aromatic rings. The first-order chi connectivity index (χ1) is 13.0. The molecule has 0 radical (unpaired) electrons. The van der Waals surface area contributed by atoms with Crippen molar-refractivity contribution in [3.05, 3.63) is 59.4 Å². The van der Waals surface area contributed by atoms with Crippen LogP contribution in [0.1, 0.15) is 42.4 Å². The van der Waals surface area contributed by atoms with E-state index in [2.05, 4.69) is 21.7 Å². The van der Waals surface area contributed by atoms with Crippen molar-refractivity contribution in [2.75, 3.05) is 5.32 Å². The first-order valence-electron chi connectivity index (χ1n) is 9.57. The minimum Gasteiger partial charge on any atom is -0.352 e. The zero-order valence-corrected chi connectivity index (χ0v) is 16.0. The molecule has 0 atom stereocenters. The average molecular weight is 365 g/mol. The summed E-state index contributed by atoms with van der Waals surface area (Å²) in [7, 11) is 0. The Morgan fingerprint density at radius 3 is 2.22 bits per heavy atom. The number of nitrogens with zero attached hydrogens (tertiary/aromatic N) is 1. The highest BCUT2D eigenvalue weighted by Crippen LogP contribution is 2.30. The van der Waals surface area contributed by atoms with Gasteiger partial charge in [0.2, 0.25) is 11.8 Å². The normalized spacial score (nSPS) is 19.3. The van der Waals surface area contributed by atoms with Crippen LogP contribution in [0.25, 0.3) is 0 Å². The highest BCUT2D eigenvalue weighted by molar-refractivity contribution is 5.93. The minimum atomic E-state index is -0.0186. The molecule has 1 aromatic carbocycles. The Hall–Kier alpha value is -2.69. The largest absolute Gasteiger partial charge is 0.352 e. The van der Waals surface area contributed by atoms with Crippen LogP contribution >= 0.6 is 0 Å². The van der Waals surface area contributed by atoms with Crippen molar-refractivity contribution >= 4 is 17.5 Å². The topological polar surface area (TPSA) is 71.1 Å². The molecule has 1 aliphatic carbocycles. The highest BCUT2D eigenvalue weighted by Gasteiger charge is 2.30. The summed E-state index contributed by atoms with van der Waals surface area (Å²) in [6, 6.07) is 9.83. The maximum atomic E-state index is 12.6. The number of hydrogen-bond donors (Lipinski definition) is 2. The number of rotatable bonds is 5. The smallest absolute Gasteiger partial charge is 0.227 e. The number of anilines is 1. The summed E-state index contributed by atoms with van der Waals surface area (Å²) in [6.45, 7) is 4.57. The van der Waals surface area contributed by atoms with Crippen molar-refractivity contribution < 1.29 is 9.59 Å². The zero-order chi connectivity index (χ0) is 19.2. The molecule has 0 aliphatic heterocycles. The van der Waals surface area contributed by atoms with Crippen molar-refractivity contribution in [1.82, 2.24) is 10.3 Å². The standard InChI is InChI=1S/C22H27N3O2/c1-15-3-8-20(16(2)13-15)25-22(27)19-6-4-18(5-7-19)21(26)24-14-17-9-11-23-12-10-17/h3,8-13,18-19H,4-7,14H2,1-2H3,(H,24,26)(H,25,27). The van der Waals surface area contributed by atoms with E-state index in [1.54, 1.807) is 12.4 Å². The Labute approximate surface area is 160 Å². The number of aryl methyl sites for hydroxylation is 2. The molecule has 1 aliphatic rings. The van der Waals surface area contributed by atoms with Crippen LogP contribution in [0.5, 0.6) is 0 Å². The van der Waals surface area contributed by atoms with E-state index in [0.29, 0.717) is 6.54 Å². The summed E-state index contributed by atoms with van der Waals surface area (Å²) in [4.78, 5) is 28.9. The third-order valence-electron chi connectivity index (χ3n) is 5.32. The molecule has 27 heavy (non-hydrogen) atoms. The van der Waals surface area contributed by atoms with Gasteiger partial charge < -0.3 is 10.6 Å². The third-order valence-corrected chi connectivity index (χ3v) is 5.32. The molecule has 0 unspecified atom stereocenters. The number of pyridine rings is 1. The summed E-state index contributed by atoms with van der Waals surface area (Å²) < 4.78 is 0. The number of benzene rings is 1. The molecule has 5 nitrogen and oxygen atoms in total. The zero-order valence-electron chi connectivity index (χ0n) is 16.0. The van der Waals surface area contributed by atoms with E-state index in [4.69, 9.17) is 0 Å². The van der Waals surface area contributed by atoms with Crippen LogP contribution in [0.3, 0.4) is 0 Å². The monoisotopic (exact) mass is 365 g/mol. The first-order valence-corrected chi connectivity index (χ1v) is 9.57. The number of aromatic nitrogens is 1. The van der Waals surface area contributed by atoms with Crippen LogP contribution in [0.4, 0.5) is 5.69 Å². The number of hydrogen-bond acceptors (Lipinski definition) is 3. The minimum absolute atomic E-state index is 0.00278. The lowest BCUT2D eigenvalue weighted by molar-refractivity contribution is -0.128. The summed E-state index contributed by atoms with van der Waals surface area (Å²) in [5.74, 6) is 0.129. The molecule has 3 rings (SSSR count). The van der Waals surface area contributed by atoms with Gasteiger partial charge in [0.05, 0.1) is 0 Å². The molecule has 1 heterocycles. The molecule has 0 saturated heterocycles. The molecule has 2 N–H and O–H groups in total. The molecule has 5 heteroatoms. The van der Waals surface area contributed by atoms with Crippen molar-refractivity contribution in [3.63, 3.8) is 0 Å². The van der Waals surface area contributed by atoms with E-state index in [9.17, 15) is 9.59 Å². The van der Waals surface area contributed by atoms with E-state index in [-0.39, 0.29) is 23.7 Å². The van der Waals surface area contributed by atoms with Gasteiger partial charge in [-0.25, -0.2) is 0 Å². The van der Waals surface area contributed by atoms with Gasteiger partial charge in [-0.3, -0.25) is 14.6 Å². The van der Waals surface area contributed by atoms with Gasteiger partial charge in [0.25, 0.3) is 0 Å². The lowest BCUT2D eigenvalue weighted by Crippen LogP contribution is -2.35. The fourth-order valence-corrected chi connectivity index (χ4v) is 3.64. The van der Waals surface area contributed by atoms with Crippen molar-refractivity contribution in [2.45, 2.75) is 46.1 Å². The molecule has 1 aromatic heterocycles. The predicted octanol–water partition coefficient (Wildman–Crippen LogP) is 3.76. The Morgan fingerprint density at radius 1 is 0.963 bits per heavy atom. The van der Waals surface area contributed by atoms with Crippen LogP contribution < -0.4 is 10.6 Å². The van der Waals surface area contributed by atoms with Gasteiger partial charge in [-0.2, -0.15) is 0 Å². The molecule has 2 amide bonds. The van der Waals surface area contributed by atoms with Gasteiger partial charge in [-0.05, 0) is 68.9 Å². The fourth-order valence-electron chi connectivity index (χ4n) is 3.64. The second kappa shape index (κ2) is 8.80. The Bertz CT molecular complexity index is 796. The van der Waals surface area contributed by atoms with E-state index in [0.717, 1.165) is 42.5 Å². The summed E-state index contributed by atoms with van der Waals surface area (Å²) in [5.41, 5.74) is 4.18. The lowest BCUT2D eigenvalue weighted by atomic mass is 9.81. The average Bonchev–Trinajstić information content (AvgIpc) is 2.69. The molecular weight excluding hydrogens is 338 g/mol. The lowest BCUT2D eigenvalue weighted by Gasteiger charge is -2.27. The van der Waals surface area contributed by atoms with Gasteiger partial charge in [0, 0.05) is 36.5 Å². The molecule has 0 bridgehead atoms. The molecular formula is C22H27N3O2. The molecule has 142 valence electrons. The first kappa shape index (κ1) is 19.1. The van der Waals surface area contributed by atoms with Gasteiger partial charge in [-0.15, -0.1) is 0 Å². The van der Waals surface area contributed by atoms with Crippen molar-refractivity contribution in [2.24, 2.45) is 11.8 Å². The fraction of sp³-hybridized carbons (Fsp3) is 0.409. The number of nitrogens with one attached hydrogen (secondary N) is 2. The number of carbonyl (C=O) groups is 2. The van der Waals surface area contributed by atoms with Crippen molar-refractivity contribution in [3.8, 4) is 0 Å². The molecule has 1 fully saturated rings. The van der Waals surface area contributed by atoms with Crippen molar-refractivity contribution in [1.29, 1.82) is 0 Å². The molecule has 1 saturated carbocycles. The second-order valence-electron chi connectivity index (χ2n) is 7.43. The SMILES string of the molecule is Cc1ccc(NC(=O)C2CCC(C(=O)NCc3ccncc3)CC2)c(C)c1. The van der Waals surface area contributed by atoms with Gasteiger partial charge in [0.15, 0.2) is 0 Å². The quantitative estimate of drug-likeness (QED) is 0.847. The summed E-state index contributed by atoms with van der Waals surface area (Å²) in [6.07, 6.45) is 6.47. The Morgan fingerprint density at radius 2 is 1.59 bits per heavy atom. The summed E-state index contributed by atoms with van der Waals surface area (Å²) >= 11 is 0. The Balaban J connectivity index is 1.46. The van der Waals surface area contributed by atoms with Crippen LogP contribution in [0.15, 0.2) is 42.7 Å². The van der Waals surface area contributed by atoms with Crippen LogP contribution in [0, 0.1) is 25.7 Å². The van der Waals surface area contributed by atoms with Gasteiger partial charge >= 0.3 is 0 Å². The number of amides is 2. The maximum Gasteiger partial charge on any atom is 0.227 e. The molecule has 0 spiro atoms. The van der Waals surface area contributed by atoms with Crippen LogP contribution in [0.2, 0.25) is 0 Å². The summed E-state index contributed by atoms with van der Waals surface area (Å²) in [5, 5.41) is 6.05. The second-order valence-corrected chi connectivity index (χ2v) is 7.43. The van der Waals surface area contributed by atoms with Crippen LogP contribution in [-0.4, -0.2) is 16.8 Å².